The van der Waals surface area contributed by atoms with Crippen molar-refractivity contribution in [2.75, 3.05) is 13.2 Å². The van der Waals surface area contributed by atoms with Gasteiger partial charge in [-0.05, 0) is 61.1 Å². The monoisotopic (exact) mass is 711 g/mol. The lowest BCUT2D eigenvalue weighted by Gasteiger charge is -2.31. The average molecular weight is 712 g/mol. The molecule has 4 aliphatic heterocycles. The van der Waals surface area contributed by atoms with Crippen LogP contribution in [0.4, 0.5) is 4.79 Å². The number of benzene rings is 1. The number of esters is 1. The molecule has 2 aliphatic carbocycles. The Morgan fingerprint density at radius 1 is 1.18 bits per heavy atom. The van der Waals surface area contributed by atoms with Gasteiger partial charge in [0, 0.05) is 18.9 Å². The van der Waals surface area contributed by atoms with Crippen LogP contribution in [0, 0.1) is 11.8 Å². The molecule has 6 aliphatic rings. The predicted molar refractivity (Wildman–Crippen MR) is 181 cm³/mol. The largest absolute Gasteiger partial charge is 0.459 e. The lowest BCUT2D eigenvalue weighted by Crippen LogP contribution is -2.59. The minimum atomic E-state index is -3.90. The van der Waals surface area contributed by atoms with Gasteiger partial charge in [0.05, 0.1) is 18.4 Å². The summed E-state index contributed by atoms with van der Waals surface area (Å²) in [6, 6.07) is 2.99. The molecule has 0 spiro atoms. The van der Waals surface area contributed by atoms with E-state index in [-0.39, 0.29) is 26.0 Å². The van der Waals surface area contributed by atoms with Crippen LogP contribution in [0.25, 0.3) is 6.08 Å². The maximum absolute atomic E-state index is 14.1. The molecule has 6 atom stereocenters. The lowest BCUT2D eigenvalue weighted by molar-refractivity contribution is -0.152. The number of nitrogens with one attached hydrogen (secondary N) is 4. The van der Waals surface area contributed by atoms with Crippen LogP contribution in [-0.4, -0.2) is 91.3 Å². The fourth-order valence-electron chi connectivity index (χ4n) is 6.98. The van der Waals surface area contributed by atoms with Crippen LogP contribution in [-0.2, 0) is 51.6 Å². The summed E-state index contributed by atoms with van der Waals surface area (Å²) in [7, 11) is -3.90. The van der Waals surface area contributed by atoms with Gasteiger partial charge in [0.2, 0.25) is 21.8 Å². The van der Waals surface area contributed by atoms with Crippen molar-refractivity contribution < 1.29 is 41.9 Å². The number of fused-ring (bicyclic) bond motifs is 10. The first-order valence-electron chi connectivity index (χ1n) is 17.3. The number of alkyl carbamates (subject to hydrolysis) is 1. The molecule has 15 heteroatoms. The standard InChI is InChI=1S/C35H45N5O9S/c1-4-23-17-35(23,33(44)39-50(46,47)25-12-13-25)38-30(41)28-16-24-19-40(28)31(42)29(20(2)3)37-34(45)48-14-7-5-6-9-21-10-8-11-22-15-27(32(43)49-24)36-18-26(21)22/h4,6,8-11,20,23-25,27-29,36H,1,5,7,12-19H2,2-3H3,(H,37,45)(H,38,41)(H,39,44)/b9-6+/t23-,24-,27?,28+,29+,35-/m1/s1. The number of ether oxygens (including phenoxy) is 2. The second-order valence-corrected chi connectivity index (χ2v) is 16.1. The third-order valence-electron chi connectivity index (χ3n) is 10.2. The van der Waals surface area contributed by atoms with Gasteiger partial charge in [-0.1, -0.05) is 50.3 Å². The van der Waals surface area contributed by atoms with Crippen molar-refractivity contribution in [2.24, 2.45) is 11.8 Å². The van der Waals surface area contributed by atoms with E-state index < -0.39 is 86.7 Å². The number of carbonyl (C=O) groups excluding carboxylic acids is 5. The second kappa shape index (κ2) is 14.2. The zero-order valence-electron chi connectivity index (χ0n) is 28.3. The highest BCUT2D eigenvalue weighted by atomic mass is 32.2. The lowest BCUT2D eigenvalue weighted by atomic mass is 9.92. The Labute approximate surface area is 291 Å². The molecule has 1 saturated heterocycles. The second-order valence-electron chi connectivity index (χ2n) is 14.2. The number of allylic oxidation sites excluding steroid dienone is 1. The molecule has 1 aromatic carbocycles. The smallest absolute Gasteiger partial charge is 0.407 e. The number of hydrogen-bond acceptors (Lipinski definition) is 10. The van der Waals surface area contributed by atoms with E-state index in [1.165, 1.54) is 11.0 Å². The van der Waals surface area contributed by atoms with Gasteiger partial charge in [-0.3, -0.25) is 29.2 Å². The van der Waals surface area contributed by atoms with Crippen LogP contribution in [0.5, 0.6) is 0 Å². The summed E-state index contributed by atoms with van der Waals surface area (Å²) in [5.74, 6) is -3.64. The minimum absolute atomic E-state index is 0.0757. The van der Waals surface area contributed by atoms with E-state index in [0.717, 1.165) is 16.7 Å². The first-order valence-corrected chi connectivity index (χ1v) is 18.8. The van der Waals surface area contributed by atoms with E-state index >= 15 is 0 Å². The summed E-state index contributed by atoms with van der Waals surface area (Å²) in [5.41, 5.74) is 1.55. The number of amides is 4. The van der Waals surface area contributed by atoms with Crippen LogP contribution in [0.1, 0.15) is 69.1 Å². The van der Waals surface area contributed by atoms with E-state index in [4.69, 9.17) is 9.47 Å². The van der Waals surface area contributed by atoms with E-state index in [2.05, 4.69) is 27.3 Å². The summed E-state index contributed by atoms with van der Waals surface area (Å²) in [6.45, 7) is 7.65. The minimum Gasteiger partial charge on any atom is -0.459 e. The molecule has 4 amide bonds. The van der Waals surface area contributed by atoms with Gasteiger partial charge < -0.3 is 25.0 Å². The molecule has 1 aromatic rings. The number of hydrogen-bond donors (Lipinski definition) is 4. The topological polar surface area (TPSA) is 189 Å². The molecule has 4 heterocycles. The first kappa shape index (κ1) is 35.6. The highest BCUT2D eigenvalue weighted by Gasteiger charge is 2.62. The molecule has 0 radical (unpaired) electrons. The number of sulfonamides is 1. The molecule has 1 unspecified atom stereocenters. The molecule has 0 aromatic heterocycles. The third kappa shape index (κ3) is 7.43. The highest BCUT2D eigenvalue weighted by Crippen LogP contribution is 2.45. The van der Waals surface area contributed by atoms with Crippen LogP contribution >= 0.6 is 0 Å². The molecular formula is C35H45N5O9S. The first-order chi connectivity index (χ1) is 23.8. The average Bonchev–Trinajstić information content (AvgIpc) is 4.01. The summed E-state index contributed by atoms with van der Waals surface area (Å²) in [5, 5.41) is 7.99. The summed E-state index contributed by atoms with van der Waals surface area (Å²) in [4.78, 5) is 69.1. The molecule has 270 valence electrons. The maximum Gasteiger partial charge on any atom is 0.407 e. The Balaban J connectivity index is 1.26. The van der Waals surface area contributed by atoms with Crippen LogP contribution in [0.15, 0.2) is 36.9 Å². The van der Waals surface area contributed by atoms with Crippen molar-refractivity contribution in [1.29, 1.82) is 0 Å². The van der Waals surface area contributed by atoms with Crippen molar-refractivity contribution in [2.45, 2.75) is 100 Å². The zero-order chi connectivity index (χ0) is 35.8. The number of carbonyl (C=O) groups is 5. The van der Waals surface area contributed by atoms with E-state index in [1.54, 1.807) is 13.8 Å². The van der Waals surface area contributed by atoms with Gasteiger partial charge in [0.15, 0.2) is 0 Å². The highest BCUT2D eigenvalue weighted by molar-refractivity contribution is 7.91. The van der Waals surface area contributed by atoms with Gasteiger partial charge >= 0.3 is 12.1 Å². The van der Waals surface area contributed by atoms with E-state index in [9.17, 15) is 32.4 Å². The molecule has 6 bridgehead atoms. The number of nitrogens with zero attached hydrogens (tertiary/aromatic N) is 1. The van der Waals surface area contributed by atoms with Crippen LogP contribution in [0.2, 0.25) is 0 Å². The van der Waals surface area contributed by atoms with Crippen molar-refractivity contribution in [3.8, 4) is 0 Å². The fraction of sp³-hybridized carbons (Fsp3) is 0.571. The zero-order valence-corrected chi connectivity index (χ0v) is 29.1. The van der Waals surface area contributed by atoms with E-state index in [0.29, 0.717) is 38.6 Å². The molecule has 2 saturated carbocycles. The third-order valence-corrected chi connectivity index (χ3v) is 12.0. The Hall–Kier alpha value is -4.24. The Morgan fingerprint density at radius 2 is 1.96 bits per heavy atom. The molecule has 3 fully saturated rings. The van der Waals surface area contributed by atoms with Gasteiger partial charge in [-0.15, -0.1) is 6.58 Å². The molecule has 4 N–H and O–H groups in total. The van der Waals surface area contributed by atoms with Gasteiger partial charge in [-0.2, -0.15) is 0 Å². The van der Waals surface area contributed by atoms with Crippen molar-refractivity contribution in [1.82, 2.24) is 25.6 Å². The molecule has 7 rings (SSSR count). The van der Waals surface area contributed by atoms with Crippen molar-refractivity contribution in [3.05, 3.63) is 53.6 Å². The summed E-state index contributed by atoms with van der Waals surface area (Å²) in [6.07, 6.45) is 6.40. The summed E-state index contributed by atoms with van der Waals surface area (Å²) >= 11 is 0. The van der Waals surface area contributed by atoms with Crippen molar-refractivity contribution >= 4 is 45.9 Å². The Kier molecular flexibility index (Phi) is 10.1. The Bertz CT molecular complexity index is 1710. The quantitative estimate of drug-likeness (QED) is 0.238. The molecule has 50 heavy (non-hydrogen) atoms. The van der Waals surface area contributed by atoms with Gasteiger partial charge in [0.25, 0.3) is 5.91 Å². The fourth-order valence-corrected chi connectivity index (χ4v) is 8.34. The molecular weight excluding hydrogens is 666 g/mol. The molecule has 14 nitrogen and oxygen atoms in total. The van der Waals surface area contributed by atoms with Crippen LogP contribution in [0.3, 0.4) is 0 Å². The van der Waals surface area contributed by atoms with Gasteiger partial charge in [0.1, 0.15) is 29.8 Å². The van der Waals surface area contributed by atoms with Gasteiger partial charge in [-0.25, -0.2) is 13.2 Å². The summed E-state index contributed by atoms with van der Waals surface area (Å²) < 4.78 is 38.7. The SMILES string of the molecule is C=C[C@@H]1C[C@]1(NC(=O)[C@@H]1C[C@@H]2CN1C(=O)[C@H](C(C)C)NC(=O)OCCC/C=C/c1cccc3c1CNC(C3)C(=O)O2)C(=O)NS(=O)(=O)C1CC1. The van der Waals surface area contributed by atoms with E-state index in [1.807, 2.05) is 30.4 Å². The Morgan fingerprint density at radius 3 is 2.66 bits per heavy atom. The maximum atomic E-state index is 14.1. The number of rotatable bonds is 7. The van der Waals surface area contributed by atoms with Crippen LogP contribution < -0.4 is 20.7 Å². The normalized spacial score (nSPS) is 30.8. The predicted octanol–water partition coefficient (Wildman–Crippen LogP) is 1.44. The van der Waals surface area contributed by atoms with Crippen molar-refractivity contribution in [3.63, 3.8) is 0 Å².